The Hall–Kier alpha value is -0.610. The summed E-state index contributed by atoms with van der Waals surface area (Å²) in [6.45, 7) is 2.26. The summed E-state index contributed by atoms with van der Waals surface area (Å²) in [7, 11) is 0. The largest absolute Gasteiger partial charge is 0.394 e. The number of amides is 1. The molecule has 0 aliphatic carbocycles. The first kappa shape index (κ1) is 10.4. The van der Waals surface area contributed by atoms with Crippen LogP contribution in [0.25, 0.3) is 0 Å². The first-order valence-corrected chi connectivity index (χ1v) is 3.67. The lowest BCUT2D eigenvalue weighted by Gasteiger charge is -2.08. The predicted molar refractivity (Wildman–Crippen MR) is 40.9 cm³/mol. The van der Waals surface area contributed by atoms with Gasteiger partial charge in [-0.3, -0.25) is 4.79 Å². The molecular formula is C7H15NO3. The number of hydrogen-bond acceptors (Lipinski definition) is 3. The summed E-state index contributed by atoms with van der Waals surface area (Å²) in [5, 5.41) is 8.53. The minimum absolute atomic E-state index is 0.0105. The number of hydrogen-bond donors (Lipinski definition) is 2. The summed E-state index contributed by atoms with van der Waals surface area (Å²) in [6.07, 6.45) is 0.820. The molecule has 0 aliphatic heterocycles. The molecule has 4 nitrogen and oxygen atoms in total. The van der Waals surface area contributed by atoms with Crippen molar-refractivity contribution in [2.75, 3.05) is 13.2 Å². The topological polar surface area (TPSA) is 72.6 Å². The van der Waals surface area contributed by atoms with E-state index in [0.29, 0.717) is 19.4 Å². The number of carbonyl (C=O) groups is 1. The number of aliphatic hydroxyl groups excluding tert-OH is 1. The van der Waals surface area contributed by atoms with Crippen LogP contribution in [0.15, 0.2) is 0 Å². The van der Waals surface area contributed by atoms with E-state index in [-0.39, 0.29) is 18.6 Å². The lowest BCUT2D eigenvalue weighted by molar-refractivity contribution is -0.118. The van der Waals surface area contributed by atoms with Crippen molar-refractivity contribution in [3.05, 3.63) is 0 Å². The van der Waals surface area contributed by atoms with Crippen LogP contribution < -0.4 is 5.73 Å². The van der Waals surface area contributed by atoms with Gasteiger partial charge in [0, 0.05) is 13.0 Å². The average Bonchev–Trinajstić information content (AvgIpc) is 1.97. The van der Waals surface area contributed by atoms with Crippen molar-refractivity contribution in [3.63, 3.8) is 0 Å². The standard InChI is InChI=1S/C7H15NO3/c1-6(5-9)11-4-2-3-7(8)10/h6,9H,2-5H2,1H3,(H2,8,10). The highest BCUT2D eigenvalue weighted by Gasteiger charge is 1.99. The van der Waals surface area contributed by atoms with Gasteiger partial charge in [-0.2, -0.15) is 0 Å². The molecule has 11 heavy (non-hydrogen) atoms. The SMILES string of the molecule is CC(CO)OCCCC(N)=O. The molecule has 0 saturated carbocycles. The summed E-state index contributed by atoms with van der Waals surface area (Å²) < 4.78 is 5.08. The molecule has 0 aromatic carbocycles. The quantitative estimate of drug-likeness (QED) is 0.523. The summed E-state index contributed by atoms with van der Waals surface area (Å²) in [5.41, 5.74) is 4.90. The van der Waals surface area contributed by atoms with Crippen molar-refractivity contribution in [2.45, 2.75) is 25.9 Å². The summed E-state index contributed by atoms with van der Waals surface area (Å²) >= 11 is 0. The highest BCUT2D eigenvalue weighted by Crippen LogP contribution is 1.93. The molecule has 1 atom stereocenters. The van der Waals surface area contributed by atoms with Crippen LogP contribution in [0.2, 0.25) is 0 Å². The third kappa shape index (κ3) is 7.29. The summed E-state index contributed by atoms with van der Waals surface area (Å²) in [4.78, 5) is 10.2. The van der Waals surface area contributed by atoms with Crippen molar-refractivity contribution in [1.29, 1.82) is 0 Å². The molecule has 4 heteroatoms. The second kappa shape index (κ2) is 6.12. The Labute approximate surface area is 66.3 Å². The predicted octanol–water partition coefficient (Wildman–Crippen LogP) is -0.351. The molecule has 0 aromatic heterocycles. The second-order valence-corrected chi connectivity index (χ2v) is 2.43. The third-order valence-corrected chi connectivity index (χ3v) is 1.23. The zero-order valence-corrected chi connectivity index (χ0v) is 6.75. The molecule has 66 valence electrons. The number of aliphatic hydroxyl groups is 1. The monoisotopic (exact) mass is 161 g/mol. The van der Waals surface area contributed by atoms with Gasteiger partial charge in [-0.05, 0) is 13.3 Å². The van der Waals surface area contributed by atoms with E-state index in [9.17, 15) is 4.79 Å². The van der Waals surface area contributed by atoms with E-state index in [4.69, 9.17) is 15.6 Å². The van der Waals surface area contributed by atoms with Crippen molar-refractivity contribution in [1.82, 2.24) is 0 Å². The molecule has 1 amide bonds. The lowest BCUT2D eigenvalue weighted by Crippen LogP contribution is -2.16. The maximum absolute atomic E-state index is 10.2. The Bertz CT molecular complexity index is 116. The summed E-state index contributed by atoms with van der Waals surface area (Å²) in [6, 6.07) is 0. The maximum Gasteiger partial charge on any atom is 0.217 e. The number of primary amides is 1. The molecule has 0 spiro atoms. The molecule has 1 unspecified atom stereocenters. The Morgan fingerprint density at radius 3 is 2.82 bits per heavy atom. The van der Waals surface area contributed by atoms with Gasteiger partial charge in [-0.25, -0.2) is 0 Å². The Morgan fingerprint density at radius 1 is 1.73 bits per heavy atom. The van der Waals surface area contributed by atoms with E-state index in [1.54, 1.807) is 6.92 Å². The van der Waals surface area contributed by atoms with Crippen molar-refractivity contribution >= 4 is 5.91 Å². The fraction of sp³-hybridized carbons (Fsp3) is 0.857. The van der Waals surface area contributed by atoms with E-state index >= 15 is 0 Å². The zero-order valence-electron chi connectivity index (χ0n) is 6.75. The Morgan fingerprint density at radius 2 is 2.36 bits per heavy atom. The lowest BCUT2D eigenvalue weighted by atomic mass is 10.3. The van der Waals surface area contributed by atoms with Crippen molar-refractivity contribution in [2.24, 2.45) is 5.73 Å². The highest BCUT2D eigenvalue weighted by molar-refractivity contribution is 5.73. The number of carbonyl (C=O) groups excluding carboxylic acids is 1. The number of rotatable bonds is 6. The van der Waals surface area contributed by atoms with Crippen LogP contribution in [-0.4, -0.2) is 30.3 Å². The highest BCUT2D eigenvalue weighted by atomic mass is 16.5. The van der Waals surface area contributed by atoms with Gasteiger partial charge in [0.25, 0.3) is 0 Å². The third-order valence-electron chi connectivity index (χ3n) is 1.23. The van der Waals surface area contributed by atoms with Crippen LogP contribution in [0.1, 0.15) is 19.8 Å². The van der Waals surface area contributed by atoms with Crippen LogP contribution in [0, 0.1) is 0 Å². The maximum atomic E-state index is 10.2. The molecule has 0 aliphatic rings. The zero-order chi connectivity index (χ0) is 8.69. The van der Waals surface area contributed by atoms with Gasteiger partial charge in [-0.1, -0.05) is 0 Å². The molecule has 0 saturated heterocycles. The fourth-order valence-corrected chi connectivity index (χ4v) is 0.584. The average molecular weight is 161 g/mol. The Balaban J connectivity index is 3.08. The molecule has 0 radical (unpaired) electrons. The summed E-state index contributed by atoms with van der Waals surface area (Å²) in [5.74, 6) is -0.315. The molecule has 0 heterocycles. The van der Waals surface area contributed by atoms with Gasteiger partial charge in [-0.15, -0.1) is 0 Å². The van der Waals surface area contributed by atoms with Gasteiger partial charge in [0.15, 0.2) is 0 Å². The van der Waals surface area contributed by atoms with Crippen LogP contribution in [-0.2, 0) is 9.53 Å². The molecule has 0 aromatic rings. The fourth-order valence-electron chi connectivity index (χ4n) is 0.584. The van der Waals surface area contributed by atoms with Crippen LogP contribution >= 0.6 is 0 Å². The van der Waals surface area contributed by atoms with Gasteiger partial charge >= 0.3 is 0 Å². The van der Waals surface area contributed by atoms with E-state index in [1.165, 1.54) is 0 Å². The van der Waals surface area contributed by atoms with E-state index in [2.05, 4.69) is 0 Å². The smallest absolute Gasteiger partial charge is 0.217 e. The van der Waals surface area contributed by atoms with Crippen LogP contribution in [0.5, 0.6) is 0 Å². The van der Waals surface area contributed by atoms with Crippen molar-refractivity contribution < 1.29 is 14.6 Å². The van der Waals surface area contributed by atoms with Crippen LogP contribution in [0.3, 0.4) is 0 Å². The van der Waals surface area contributed by atoms with E-state index in [0.717, 1.165) is 0 Å². The van der Waals surface area contributed by atoms with Gasteiger partial charge in [0.2, 0.25) is 5.91 Å². The minimum Gasteiger partial charge on any atom is -0.394 e. The van der Waals surface area contributed by atoms with Crippen LogP contribution in [0.4, 0.5) is 0 Å². The molecule has 3 N–H and O–H groups in total. The van der Waals surface area contributed by atoms with E-state index in [1.807, 2.05) is 0 Å². The molecule has 0 fully saturated rings. The van der Waals surface area contributed by atoms with Gasteiger partial charge in [0.1, 0.15) is 0 Å². The number of nitrogens with two attached hydrogens (primary N) is 1. The number of ether oxygens (including phenoxy) is 1. The first-order chi connectivity index (χ1) is 5.16. The second-order valence-electron chi connectivity index (χ2n) is 2.43. The van der Waals surface area contributed by atoms with Gasteiger partial charge in [0.05, 0.1) is 12.7 Å². The van der Waals surface area contributed by atoms with E-state index < -0.39 is 0 Å². The molecular weight excluding hydrogens is 146 g/mol. The molecule has 0 rings (SSSR count). The Kier molecular flexibility index (Phi) is 5.78. The minimum atomic E-state index is -0.315. The first-order valence-electron chi connectivity index (χ1n) is 3.67. The normalized spacial score (nSPS) is 12.9. The van der Waals surface area contributed by atoms with Crippen molar-refractivity contribution in [3.8, 4) is 0 Å². The van der Waals surface area contributed by atoms with Gasteiger partial charge < -0.3 is 15.6 Å². The molecule has 0 bridgehead atoms.